The minimum Gasteiger partial charge on any atom is -0.354 e. The number of nitrogens with zero attached hydrogens (tertiary/aromatic N) is 4. The summed E-state index contributed by atoms with van der Waals surface area (Å²) in [5.74, 6) is 0.590. The van der Waals surface area contributed by atoms with E-state index in [4.69, 9.17) is 0 Å². The molecule has 1 N–H and O–H groups in total. The van der Waals surface area contributed by atoms with Gasteiger partial charge >= 0.3 is 0 Å². The molecular formula is C17H23N5O. The first-order chi connectivity index (χ1) is 11.2. The average Bonchev–Trinajstić information content (AvgIpc) is 3.18. The molecule has 0 bridgehead atoms. The molecule has 1 amide bonds. The van der Waals surface area contributed by atoms with E-state index in [9.17, 15) is 4.79 Å². The van der Waals surface area contributed by atoms with Gasteiger partial charge in [-0.15, -0.1) is 0 Å². The zero-order chi connectivity index (χ0) is 16.1. The van der Waals surface area contributed by atoms with Crippen molar-refractivity contribution in [3.05, 3.63) is 48.5 Å². The Kier molecular flexibility index (Phi) is 5.02. The molecule has 0 radical (unpaired) electrons. The van der Waals surface area contributed by atoms with Crippen LogP contribution in [-0.4, -0.2) is 45.2 Å². The van der Waals surface area contributed by atoms with Crippen LogP contribution in [0.1, 0.15) is 12.5 Å². The van der Waals surface area contributed by atoms with Crippen LogP contribution in [0, 0.1) is 11.8 Å². The molecule has 3 rings (SSSR count). The van der Waals surface area contributed by atoms with Gasteiger partial charge in [-0.3, -0.25) is 14.4 Å². The van der Waals surface area contributed by atoms with Crippen molar-refractivity contribution in [3.63, 3.8) is 0 Å². The van der Waals surface area contributed by atoms with Crippen molar-refractivity contribution in [2.45, 2.75) is 20.0 Å². The van der Waals surface area contributed by atoms with E-state index < -0.39 is 0 Å². The molecule has 1 saturated heterocycles. The van der Waals surface area contributed by atoms with Gasteiger partial charge in [-0.1, -0.05) is 37.3 Å². The minimum atomic E-state index is 0.0643. The molecule has 2 aromatic rings. The number of nitrogens with one attached hydrogen (secondary N) is 1. The Balaban J connectivity index is 1.47. The van der Waals surface area contributed by atoms with E-state index in [1.165, 1.54) is 11.9 Å². The van der Waals surface area contributed by atoms with Crippen molar-refractivity contribution in [3.8, 4) is 0 Å². The van der Waals surface area contributed by atoms with E-state index in [1.807, 2.05) is 6.07 Å². The molecule has 0 unspecified atom stereocenters. The Hall–Kier alpha value is -2.21. The minimum absolute atomic E-state index is 0.0643. The van der Waals surface area contributed by atoms with Crippen molar-refractivity contribution in [2.24, 2.45) is 11.8 Å². The van der Waals surface area contributed by atoms with E-state index in [-0.39, 0.29) is 11.8 Å². The van der Waals surface area contributed by atoms with Gasteiger partial charge in [-0.25, -0.2) is 4.98 Å². The van der Waals surface area contributed by atoms with E-state index in [0.29, 0.717) is 19.0 Å². The van der Waals surface area contributed by atoms with Crippen molar-refractivity contribution in [2.75, 3.05) is 19.6 Å². The van der Waals surface area contributed by atoms with Gasteiger partial charge in [-0.05, 0) is 11.5 Å². The normalized spacial score (nSPS) is 21.4. The van der Waals surface area contributed by atoms with Gasteiger partial charge in [0.1, 0.15) is 12.7 Å². The lowest BCUT2D eigenvalue weighted by molar-refractivity contribution is -0.125. The zero-order valence-electron chi connectivity index (χ0n) is 13.4. The number of carbonyl (C=O) groups is 1. The van der Waals surface area contributed by atoms with Crippen LogP contribution in [0.25, 0.3) is 0 Å². The van der Waals surface area contributed by atoms with Crippen molar-refractivity contribution < 1.29 is 4.79 Å². The van der Waals surface area contributed by atoms with Gasteiger partial charge in [-0.2, -0.15) is 5.10 Å². The Bertz CT molecular complexity index is 613. The maximum absolute atomic E-state index is 12.4. The fourth-order valence-corrected chi connectivity index (χ4v) is 3.15. The highest BCUT2D eigenvalue weighted by atomic mass is 16.1. The van der Waals surface area contributed by atoms with Crippen LogP contribution in [0.4, 0.5) is 0 Å². The topological polar surface area (TPSA) is 63.1 Å². The van der Waals surface area contributed by atoms with Gasteiger partial charge in [0.05, 0.1) is 12.5 Å². The summed E-state index contributed by atoms with van der Waals surface area (Å²) < 4.78 is 1.72. The molecule has 1 fully saturated rings. The van der Waals surface area contributed by atoms with E-state index in [2.05, 4.69) is 51.5 Å². The fourth-order valence-electron chi connectivity index (χ4n) is 3.15. The largest absolute Gasteiger partial charge is 0.354 e. The van der Waals surface area contributed by atoms with Crippen molar-refractivity contribution in [1.29, 1.82) is 0 Å². The number of aromatic nitrogens is 3. The Labute approximate surface area is 136 Å². The molecule has 0 aliphatic carbocycles. The summed E-state index contributed by atoms with van der Waals surface area (Å²) in [7, 11) is 0. The molecule has 0 saturated carbocycles. The predicted molar refractivity (Wildman–Crippen MR) is 87.4 cm³/mol. The SMILES string of the molecule is C[C@@H]1CN(Cc2ccccc2)C[C@H]1C(=O)NCCn1cncn1. The van der Waals surface area contributed by atoms with Crippen molar-refractivity contribution in [1.82, 2.24) is 25.0 Å². The quantitative estimate of drug-likeness (QED) is 0.869. The maximum Gasteiger partial charge on any atom is 0.224 e. The Morgan fingerprint density at radius 3 is 2.87 bits per heavy atom. The smallest absolute Gasteiger partial charge is 0.224 e. The van der Waals surface area contributed by atoms with Crippen molar-refractivity contribution >= 4 is 5.91 Å². The molecule has 122 valence electrons. The summed E-state index contributed by atoms with van der Waals surface area (Å²) in [6.45, 7) is 6.10. The number of carbonyl (C=O) groups excluding carboxylic acids is 1. The van der Waals surface area contributed by atoms with Gasteiger partial charge < -0.3 is 5.32 Å². The predicted octanol–water partition coefficient (Wildman–Crippen LogP) is 1.16. The number of likely N-dealkylation sites (tertiary alicyclic amines) is 1. The summed E-state index contributed by atoms with van der Waals surface area (Å²) in [5, 5.41) is 7.05. The zero-order valence-corrected chi connectivity index (χ0v) is 13.4. The van der Waals surface area contributed by atoms with Gasteiger partial charge in [0.2, 0.25) is 5.91 Å². The monoisotopic (exact) mass is 313 g/mol. The van der Waals surface area contributed by atoms with Crippen LogP contribution in [0.3, 0.4) is 0 Å². The number of rotatable bonds is 6. The molecule has 23 heavy (non-hydrogen) atoms. The molecule has 6 heteroatoms. The van der Waals surface area contributed by atoms with Crippen LogP contribution in [0.5, 0.6) is 0 Å². The van der Waals surface area contributed by atoms with Gasteiger partial charge in [0, 0.05) is 26.2 Å². The number of benzene rings is 1. The molecule has 1 aliphatic heterocycles. The van der Waals surface area contributed by atoms with Crippen LogP contribution >= 0.6 is 0 Å². The molecule has 2 atom stereocenters. The van der Waals surface area contributed by atoms with E-state index in [1.54, 1.807) is 11.0 Å². The molecule has 1 aromatic heterocycles. The summed E-state index contributed by atoms with van der Waals surface area (Å²) in [6, 6.07) is 10.4. The highest BCUT2D eigenvalue weighted by molar-refractivity contribution is 5.79. The molecular weight excluding hydrogens is 290 g/mol. The first-order valence-corrected chi connectivity index (χ1v) is 8.09. The van der Waals surface area contributed by atoms with E-state index >= 15 is 0 Å². The molecule has 2 heterocycles. The first-order valence-electron chi connectivity index (χ1n) is 8.09. The Morgan fingerprint density at radius 2 is 2.13 bits per heavy atom. The molecule has 0 spiro atoms. The lowest BCUT2D eigenvalue weighted by Gasteiger charge is -2.16. The van der Waals surface area contributed by atoms with Crippen LogP contribution in [-0.2, 0) is 17.9 Å². The van der Waals surface area contributed by atoms with E-state index in [0.717, 1.165) is 19.6 Å². The highest BCUT2D eigenvalue weighted by Gasteiger charge is 2.34. The summed E-state index contributed by atoms with van der Waals surface area (Å²) >= 11 is 0. The number of amides is 1. The van der Waals surface area contributed by atoms with Gasteiger partial charge in [0.15, 0.2) is 0 Å². The average molecular weight is 313 g/mol. The third-order valence-electron chi connectivity index (χ3n) is 4.38. The number of hydrogen-bond acceptors (Lipinski definition) is 4. The second kappa shape index (κ2) is 7.37. The van der Waals surface area contributed by atoms with Gasteiger partial charge in [0.25, 0.3) is 0 Å². The molecule has 6 nitrogen and oxygen atoms in total. The third-order valence-corrected chi connectivity index (χ3v) is 4.38. The Morgan fingerprint density at radius 1 is 1.30 bits per heavy atom. The second-order valence-corrected chi connectivity index (χ2v) is 6.21. The summed E-state index contributed by atoms with van der Waals surface area (Å²) in [5.41, 5.74) is 1.30. The standard InChI is InChI=1S/C17H23N5O/c1-14-9-21(10-15-5-3-2-4-6-15)11-16(14)17(23)19-7-8-22-13-18-12-20-22/h2-6,12-14,16H,7-11H2,1H3,(H,19,23)/t14-,16-/m1/s1. The lowest BCUT2D eigenvalue weighted by atomic mass is 9.97. The van der Waals surface area contributed by atoms with Crippen LogP contribution in [0.2, 0.25) is 0 Å². The summed E-state index contributed by atoms with van der Waals surface area (Å²) in [4.78, 5) is 18.7. The lowest BCUT2D eigenvalue weighted by Crippen LogP contribution is -2.36. The second-order valence-electron chi connectivity index (χ2n) is 6.21. The van der Waals surface area contributed by atoms with Crippen LogP contribution < -0.4 is 5.32 Å². The highest BCUT2D eigenvalue weighted by Crippen LogP contribution is 2.24. The first kappa shape index (κ1) is 15.7. The summed E-state index contributed by atoms with van der Waals surface area (Å²) in [6.07, 6.45) is 3.16. The number of hydrogen-bond donors (Lipinski definition) is 1. The third kappa shape index (κ3) is 4.16. The molecule has 1 aromatic carbocycles. The fraction of sp³-hybridized carbons (Fsp3) is 0.471. The molecule has 1 aliphatic rings. The van der Waals surface area contributed by atoms with Crippen LogP contribution in [0.15, 0.2) is 43.0 Å². The maximum atomic E-state index is 12.4.